The summed E-state index contributed by atoms with van der Waals surface area (Å²) in [5.41, 5.74) is 0.317. The minimum Gasteiger partial charge on any atom is -0.507 e. The number of phenols is 1. The van der Waals surface area contributed by atoms with Crippen LogP contribution >= 0.6 is 0 Å². The molecule has 11 heavy (non-hydrogen) atoms. The van der Waals surface area contributed by atoms with Gasteiger partial charge in [0.2, 0.25) is 0 Å². The van der Waals surface area contributed by atoms with Crippen LogP contribution in [0, 0.1) is 11.3 Å². The minimum atomic E-state index is 0.0417. The molecule has 0 radical (unpaired) electrons. The summed E-state index contributed by atoms with van der Waals surface area (Å²) in [6, 6.07) is 8.28. The van der Waals surface area contributed by atoms with E-state index in [0.29, 0.717) is 5.56 Å². The molecule has 1 rings (SSSR count). The van der Waals surface area contributed by atoms with Gasteiger partial charge in [-0.3, -0.25) is 0 Å². The number of para-hydroxylation sites is 1. The smallest absolute Gasteiger partial charge is 0.133 e. The van der Waals surface area contributed by atoms with E-state index >= 15 is 0 Å². The molecule has 0 aromatic heterocycles. The molecule has 0 saturated carbocycles. The summed E-state index contributed by atoms with van der Waals surface area (Å²) in [4.78, 5) is 8.00. The maximum atomic E-state index is 8.89. The van der Waals surface area contributed by atoms with E-state index in [9.17, 15) is 0 Å². The quantitative estimate of drug-likeness (QED) is 0.600. The first-order chi connectivity index (χ1) is 5.34. The normalized spacial score (nSPS) is 7.18. The summed E-state index contributed by atoms with van der Waals surface area (Å²) in [5, 5.41) is 17.2. The zero-order valence-corrected chi connectivity index (χ0v) is 5.82. The third-order valence-corrected chi connectivity index (χ3v) is 1.02. The number of carbonyl (C=O) groups excluding carboxylic acids is 1. The Morgan fingerprint density at radius 2 is 1.91 bits per heavy atom. The lowest BCUT2D eigenvalue weighted by atomic mass is 10.2. The lowest BCUT2D eigenvalue weighted by Crippen LogP contribution is -1.71. The molecule has 3 heteroatoms. The van der Waals surface area contributed by atoms with E-state index < -0.39 is 0 Å². The van der Waals surface area contributed by atoms with E-state index in [1.165, 1.54) is 6.07 Å². The van der Waals surface area contributed by atoms with Crippen molar-refractivity contribution < 1.29 is 9.90 Å². The van der Waals surface area contributed by atoms with Crippen molar-refractivity contribution in [1.82, 2.24) is 0 Å². The van der Waals surface area contributed by atoms with Gasteiger partial charge in [-0.05, 0) is 12.1 Å². The number of hydrogen-bond donors (Lipinski definition) is 1. The molecule has 56 valence electrons. The average Bonchev–Trinajstić information content (AvgIpc) is 2.09. The molecule has 1 N–H and O–H groups in total. The molecule has 0 bridgehead atoms. The minimum absolute atomic E-state index is 0.0417. The number of hydrogen-bond acceptors (Lipinski definition) is 3. The largest absolute Gasteiger partial charge is 0.507 e. The zero-order valence-electron chi connectivity index (χ0n) is 5.82. The van der Waals surface area contributed by atoms with E-state index in [1.54, 1.807) is 18.2 Å². The third-order valence-electron chi connectivity index (χ3n) is 1.02. The highest BCUT2D eigenvalue weighted by Gasteiger charge is 1.93. The number of aromatic hydroxyl groups is 1. The molecule has 0 aliphatic heterocycles. The van der Waals surface area contributed by atoms with Crippen LogP contribution in [0.2, 0.25) is 0 Å². The lowest BCUT2D eigenvalue weighted by Gasteiger charge is -1.89. The van der Waals surface area contributed by atoms with Gasteiger partial charge < -0.3 is 9.90 Å². The van der Waals surface area contributed by atoms with Crippen molar-refractivity contribution in [1.29, 1.82) is 5.26 Å². The first-order valence-electron chi connectivity index (χ1n) is 2.81. The van der Waals surface area contributed by atoms with Crippen molar-refractivity contribution in [2.75, 3.05) is 0 Å². The molecule has 0 amide bonds. The Morgan fingerprint density at radius 1 is 1.36 bits per heavy atom. The van der Waals surface area contributed by atoms with Crippen LogP contribution < -0.4 is 0 Å². The number of nitriles is 1. The summed E-state index contributed by atoms with van der Waals surface area (Å²) in [5.74, 6) is 0.0417. The number of phenolic OH excluding ortho intramolecular Hbond substituents is 1. The Bertz CT molecular complexity index is 265. The van der Waals surface area contributed by atoms with Crippen molar-refractivity contribution >= 4 is 6.79 Å². The molecule has 0 heterocycles. The molecule has 0 unspecified atom stereocenters. The van der Waals surface area contributed by atoms with E-state index in [4.69, 9.17) is 15.2 Å². The molecular formula is C8H7NO2. The predicted octanol–water partition coefficient (Wildman–Crippen LogP) is 1.08. The molecule has 3 nitrogen and oxygen atoms in total. The van der Waals surface area contributed by atoms with Crippen molar-refractivity contribution in [2.45, 2.75) is 0 Å². The van der Waals surface area contributed by atoms with Gasteiger partial charge in [-0.25, -0.2) is 0 Å². The first-order valence-corrected chi connectivity index (χ1v) is 2.81. The van der Waals surface area contributed by atoms with Crippen LogP contribution in [-0.4, -0.2) is 11.9 Å². The van der Waals surface area contributed by atoms with Crippen LogP contribution in [0.3, 0.4) is 0 Å². The Balaban J connectivity index is 0.000000461. The van der Waals surface area contributed by atoms with Gasteiger partial charge in [-0.2, -0.15) is 5.26 Å². The molecule has 0 aliphatic rings. The first kappa shape index (κ1) is 9.18. The number of rotatable bonds is 0. The van der Waals surface area contributed by atoms with Crippen LogP contribution in [0.15, 0.2) is 24.3 Å². The highest BCUT2D eigenvalue weighted by Crippen LogP contribution is 2.12. The summed E-state index contributed by atoms with van der Waals surface area (Å²) in [7, 11) is 0. The second kappa shape index (κ2) is 5.00. The number of carbonyl (C=O) groups is 1. The van der Waals surface area contributed by atoms with Crippen LogP contribution in [-0.2, 0) is 4.79 Å². The van der Waals surface area contributed by atoms with Crippen molar-refractivity contribution in [3.05, 3.63) is 29.8 Å². The standard InChI is InChI=1S/C7H5NO.CH2O/c8-5-6-3-1-2-4-7(6)9;1-2/h1-4,9H;1H2. The van der Waals surface area contributed by atoms with E-state index in [2.05, 4.69) is 0 Å². The topological polar surface area (TPSA) is 61.1 Å². The van der Waals surface area contributed by atoms with Gasteiger partial charge in [0.25, 0.3) is 0 Å². The van der Waals surface area contributed by atoms with Gasteiger partial charge >= 0.3 is 0 Å². The average molecular weight is 149 g/mol. The SMILES string of the molecule is C=O.N#Cc1ccccc1O. The molecule has 1 aromatic rings. The van der Waals surface area contributed by atoms with Crippen molar-refractivity contribution in [3.63, 3.8) is 0 Å². The van der Waals surface area contributed by atoms with Crippen molar-refractivity contribution in [3.8, 4) is 11.8 Å². The van der Waals surface area contributed by atoms with Gasteiger partial charge in [0.1, 0.15) is 18.6 Å². The second-order valence-electron chi connectivity index (χ2n) is 1.63. The fourth-order valence-electron chi connectivity index (χ4n) is 0.568. The molecule has 0 spiro atoms. The Hall–Kier alpha value is -1.82. The predicted molar refractivity (Wildman–Crippen MR) is 39.9 cm³/mol. The van der Waals surface area contributed by atoms with Crippen LogP contribution in [0.4, 0.5) is 0 Å². The maximum absolute atomic E-state index is 8.89. The Kier molecular flexibility index (Phi) is 4.18. The molecule has 0 atom stereocenters. The Labute approximate surface area is 64.5 Å². The van der Waals surface area contributed by atoms with Gasteiger partial charge in [0.15, 0.2) is 0 Å². The fraction of sp³-hybridized carbons (Fsp3) is 0. The van der Waals surface area contributed by atoms with Gasteiger partial charge in [-0.15, -0.1) is 0 Å². The molecule has 0 saturated heterocycles. The monoisotopic (exact) mass is 149 g/mol. The van der Waals surface area contributed by atoms with Crippen molar-refractivity contribution in [2.24, 2.45) is 0 Å². The summed E-state index contributed by atoms with van der Waals surface area (Å²) >= 11 is 0. The van der Waals surface area contributed by atoms with Crippen LogP contribution in [0.1, 0.15) is 5.56 Å². The highest BCUT2D eigenvalue weighted by atomic mass is 16.3. The number of nitrogens with zero attached hydrogens (tertiary/aromatic N) is 1. The molecule has 0 aliphatic carbocycles. The van der Waals surface area contributed by atoms with E-state index in [1.807, 2.05) is 12.9 Å². The fourth-order valence-corrected chi connectivity index (χ4v) is 0.568. The highest BCUT2D eigenvalue weighted by molar-refractivity contribution is 5.41. The summed E-state index contributed by atoms with van der Waals surface area (Å²) in [6.07, 6.45) is 0. The van der Waals surface area contributed by atoms with Gasteiger partial charge in [0, 0.05) is 0 Å². The number of benzene rings is 1. The van der Waals surface area contributed by atoms with E-state index in [-0.39, 0.29) is 5.75 Å². The maximum Gasteiger partial charge on any atom is 0.133 e. The summed E-state index contributed by atoms with van der Waals surface area (Å²) in [6.45, 7) is 2.00. The summed E-state index contributed by atoms with van der Waals surface area (Å²) < 4.78 is 0. The lowest BCUT2D eigenvalue weighted by molar-refractivity contribution is -0.0979. The van der Waals surface area contributed by atoms with Gasteiger partial charge in [0.05, 0.1) is 5.56 Å². The Morgan fingerprint density at radius 3 is 2.27 bits per heavy atom. The van der Waals surface area contributed by atoms with Crippen LogP contribution in [0.25, 0.3) is 0 Å². The third kappa shape index (κ3) is 2.50. The van der Waals surface area contributed by atoms with Gasteiger partial charge in [-0.1, -0.05) is 12.1 Å². The van der Waals surface area contributed by atoms with Crippen LogP contribution in [0.5, 0.6) is 5.75 Å². The van der Waals surface area contributed by atoms with E-state index in [0.717, 1.165) is 0 Å². The molecule has 1 aromatic carbocycles. The molecular weight excluding hydrogens is 142 g/mol. The molecule has 0 fully saturated rings. The zero-order chi connectivity index (χ0) is 8.69. The second-order valence-corrected chi connectivity index (χ2v) is 1.63.